The standard InChI is InChI=1S/C26H23N3O6/c1-3-33-20(30)15-29-19-13-9-8-12-17(19)26(25(29)32)18(14-27)23(28)35-22(16-10-6-5-7-11-16)21(26)24(31)34-4-2/h5-13H,3-4,15,28H2,1-2H3/t26-/m1/s1. The summed E-state index contributed by atoms with van der Waals surface area (Å²) in [5.41, 5.74) is 4.92. The maximum absolute atomic E-state index is 14.3. The third kappa shape index (κ3) is 3.60. The van der Waals surface area contributed by atoms with E-state index < -0.39 is 29.8 Å². The van der Waals surface area contributed by atoms with Crippen molar-refractivity contribution in [3.8, 4) is 6.07 Å². The first kappa shape index (κ1) is 23.6. The molecule has 9 heteroatoms. The van der Waals surface area contributed by atoms with Gasteiger partial charge in [0.05, 0.1) is 13.2 Å². The molecule has 0 saturated heterocycles. The smallest absolute Gasteiger partial charge is 0.339 e. The number of hydrogen-bond donors (Lipinski definition) is 1. The van der Waals surface area contributed by atoms with Crippen molar-refractivity contribution in [2.75, 3.05) is 24.7 Å². The normalized spacial score (nSPS) is 18.8. The predicted molar refractivity (Wildman–Crippen MR) is 125 cm³/mol. The number of nitriles is 1. The van der Waals surface area contributed by atoms with Gasteiger partial charge >= 0.3 is 11.9 Å². The first-order chi connectivity index (χ1) is 16.9. The minimum Gasteiger partial charge on any atom is -0.465 e. The van der Waals surface area contributed by atoms with Crippen molar-refractivity contribution in [1.82, 2.24) is 0 Å². The lowest BCUT2D eigenvalue weighted by atomic mass is 9.67. The number of nitrogens with two attached hydrogens (primary N) is 1. The molecule has 0 saturated carbocycles. The van der Waals surface area contributed by atoms with Gasteiger partial charge in [0, 0.05) is 16.8 Å². The summed E-state index contributed by atoms with van der Waals surface area (Å²) in [7, 11) is 0. The van der Waals surface area contributed by atoms with Crippen LogP contribution in [-0.4, -0.2) is 37.6 Å². The molecule has 1 amide bonds. The van der Waals surface area contributed by atoms with Gasteiger partial charge in [-0.2, -0.15) is 5.26 Å². The van der Waals surface area contributed by atoms with Gasteiger partial charge in [-0.05, 0) is 19.9 Å². The number of ether oxygens (including phenoxy) is 3. The Balaban J connectivity index is 2.08. The highest BCUT2D eigenvalue weighted by Crippen LogP contribution is 2.55. The molecule has 4 rings (SSSR count). The Labute approximate surface area is 202 Å². The van der Waals surface area contributed by atoms with Crippen molar-refractivity contribution in [3.63, 3.8) is 0 Å². The number of hydrogen-bond acceptors (Lipinski definition) is 8. The van der Waals surface area contributed by atoms with E-state index in [9.17, 15) is 19.6 Å². The van der Waals surface area contributed by atoms with Gasteiger partial charge < -0.3 is 19.9 Å². The van der Waals surface area contributed by atoms with Crippen molar-refractivity contribution < 1.29 is 28.6 Å². The molecular weight excluding hydrogens is 450 g/mol. The summed E-state index contributed by atoms with van der Waals surface area (Å²) < 4.78 is 16.2. The molecule has 0 unspecified atom stereocenters. The number of anilines is 1. The Morgan fingerprint density at radius 1 is 1.06 bits per heavy atom. The predicted octanol–water partition coefficient (Wildman–Crippen LogP) is 2.53. The summed E-state index contributed by atoms with van der Waals surface area (Å²) in [6.07, 6.45) is 0. The lowest BCUT2D eigenvalue weighted by Crippen LogP contribution is -2.49. The van der Waals surface area contributed by atoms with Gasteiger partial charge in [0.2, 0.25) is 11.8 Å². The van der Waals surface area contributed by atoms with Crippen molar-refractivity contribution in [1.29, 1.82) is 5.26 Å². The number of para-hydroxylation sites is 1. The topological polar surface area (TPSA) is 132 Å². The molecule has 2 aliphatic heterocycles. The number of carbonyl (C=O) groups excluding carboxylic acids is 3. The summed E-state index contributed by atoms with van der Waals surface area (Å²) in [6.45, 7) is 3.02. The van der Waals surface area contributed by atoms with Crippen LogP contribution in [0.15, 0.2) is 71.6 Å². The molecule has 0 fully saturated rings. The lowest BCUT2D eigenvalue weighted by Gasteiger charge is -2.35. The van der Waals surface area contributed by atoms with Crippen LogP contribution in [0.3, 0.4) is 0 Å². The molecule has 2 N–H and O–H groups in total. The van der Waals surface area contributed by atoms with E-state index in [-0.39, 0.29) is 36.0 Å². The monoisotopic (exact) mass is 473 g/mol. The van der Waals surface area contributed by atoms with Gasteiger partial charge in [0.1, 0.15) is 29.5 Å². The van der Waals surface area contributed by atoms with Gasteiger partial charge in [-0.1, -0.05) is 48.5 Å². The minimum atomic E-state index is -1.97. The van der Waals surface area contributed by atoms with E-state index in [2.05, 4.69) is 0 Å². The van der Waals surface area contributed by atoms with Crippen molar-refractivity contribution >= 4 is 29.3 Å². The number of nitrogens with zero attached hydrogens (tertiary/aromatic N) is 2. The largest absolute Gasteiger partial charge is 0.465 e. The zero-order chi connectivity index (χ0) is 25.2. The highest BCUT2D eigenvalue weighted by molar-refractivity contribution is 6.21. The first-order valence-corrected chi connectivity index (χ1v) is 11.0. The molecule has 1 spiro atoms. The van der Waals surface area contributed by atoms with Crippen LogP contribution >= 0.6 is 0 Å². The Morgan fingerprint density at radius 3 is 2.37 bits per heavy atom. The molecule has 0 aromatic heterocycles. The lowest BCUT2D eigenvalue weighted by molar-refractivity contribution is -0.142. The molecular formula is C26H23N3O6. The SMILES string of the molecule is CCOC(=O)CN1C(=O)[C@@]2(C(C#N)=C(N)OC(c3ccccc3)=C2C(=O)OCC)c2ccccc21. The fourth-order valence-corrected chi connectivity index (χ4v) is 4.50. The van der Waals surface area contributed by atoms with E-state index in [1.165, 1.54) is 4.90 Å². The Kier molecular flexibility index (Phi) is 6.30. The number of rotatable bonds is 6. The zero-order valence-electron chi connectivity index (χ0n) is 19.2. The van der Waals surface area contributed by atoms with Crippen LogP contribution in [0.1, 0.15) is 25.0 Å². The Bertz CT molecular complexity index is 1310. The summed E-state index contributed by atoms with van der Waals surface area (Å²) in [5.74, 6) is -2.50. The number of carbonyl (C=O) groups is 3. The van der Waals surface area contributed by atoms with E-state index in [0.29, 0.717) is 16.8 Å². The van der Waals surface area contributed by atoms with Crippen molar-refractivity contribution in [2.24, 2.45) is 5.73 Å². The minimum absolute atomic E-state index is 0.00156. The Hall–Kier alpha value is -4.58. The molecule has 0 aliphatic carbocycles. The molecule has 9 nitrogen and oxygen atoms in total. The molecule has 1 atom stereocenters. The first-order valence-electron chi connectivity index (χ1n) is 11.0. The summed E-state index contributed by atoms with van der Waals surface area (Å²) >= 11 is 0. The summed E-state index contributed by atoms with van der Waals surface area (Å²) in [6, 6.07) is 17.2. The quantitative estimate of drug-likeness (QED) is 0.633. The van der Waals surface area contributed by atoms with E-state index >= 15 is 0 Å². The highest BCUT2D eigenvalue weighted by atomic mass is 16.5. The number of amides is 1. The number of fused-ring (bicyclic) bond motifs is 2. The van der Waals surface area contributed by atoms with Gasteiger partial charge in [-0.25, -0.2) is 4.79 Å². The van der Waals surface area contributed by atoms with Crippen LogP contribution in [-0.2, 0) is 34.0 Å². The average Bonchev–Trinajstić information content (AvgIpc) is 3.08. The van der Waals surface area contributed by atoms with E-state index in [0.717, 1.165) is 0 Å². The van der Waals surface area contributed by atoms with Gasteiger partial charge in [-0.15, -0.1) is 0 Å². The van der Waals surface area contributed by atoms with Gasteiger partial charge in [0.15, 0.2) is 5.41 Å². The third-order valence-electron chi connectivity index (χ3n) is 5.82. The number of esters is 2. The zero-order valence-corrected chi connectivity index (χ0v) is 19.2. The molecule has 35 heavy (non-hydrogen) atoms. The molecule has 178 valence electrons. The van der Waals surface area contributed by atoms with Crippen molar-refractivity contribution in [3.05, 3.63) is 82.8 Å². The molecule has 2 aliphatic rings. The van der Waals surface area contributed by atoms with Crippen LogP contribution in [0.5, 0.6) is 0 Å². The third-order valence-corrected chi connectivity index (χ3v) is 5.82. The van der Waals surface area contributed by atoms with Crippen LogP contribution in [0.2, 0.25) is 0 Å². The molecule has 2 heterocycles. The van der Waals surface area contributed by atoms with Gasteiger partial charge in [0.25, 0.3) is 0 Å². The second-order valence-corrected chi connectivity index (χ2v) is 7.71. The molecule has 2 aromatic carbocycles. The van der Waals surface area contributed by atoms with E-state index in [1.54, 1.807) is 68.4 Å². The molecule has 0 bridgehead atoms. The fraction of sp³-hybridized carbons (Fsp3) is 0.231. The maximum atomic E-state index is 14.3. The van der Waals surface area contributed by atoms with E-state index in [4.69, 9.17) is 19.9 Å². The molecule has 0 radical (unpaired) electrons. The van der Waals surface area contributed by atoms with Crippen LogP contribution in [0.25, 0.3) is 5.76 Å². The Morgan fingerprint density at radius 2 is 1.71 bits per heavy atom. The van der Waals surface area contributed by atoms with Crippen LogP contribution in [0, 0.1) is 11.3 Å². The average molecular weight is 473 g/mol. The summed E-state index contributed by atoms with van der Waals surface area (Å²) in [4.78, 5) is 41.4. The molecule has 2 aromatic rings. The van der Waals surface area contributed by atoms with Crippen LogP contribution < -0.4 is 10.6 Å². The summed E-state index contributed by atoms with van der Waals surface area (Å²) in [5, 5.41) is 10.2. The number of benzene rings is 2. The van der Waals surface area contributed by atoms with Crippen LogP contribution in [0.4, 0.5) is 5.69 Å². The fourth-order valence-electron chi connectivity index (χ4n) is 4.50. The highest BCUT2D eigenvalue weighted by Gasteiger charge is 2.62. The second kappa shape index (κ2) is 9.35. The van der Waals surface area contributed by atoms with Crippen molar-refractivity contribution in [2.45, 2.75) is 19.3 Å². The second-order valence-electron chi connectivity index (χ2n) is 7.71. The maximum Gasteiger partial charge on any atom is 0.339 e. The van der Waals surface area contributed by atoms with E-state index in [1.807, 2.05) is 6.07 Å². The van der Waals surface area contributed by atoms with Gasteiger partial charge in [-0.3, -0.25) is 14.5 Å².